The standard InChI is InChI=1S/C8H5Cl2N3O2S/c9-8-12-6-2-1-4(16(10,14)15)3-5(6)7(11)13-8/h1-3H,(H2,11,12,13). The molecule has 0 saturated carbocycles. The summed E-state index contributed by atoms with van der Waals surface area (Å²) in [6.45, 7) is 0. The monoisotopic (exact) mass is 277 g/mol. The Hall–Kier alpha value is -1.11. The predicted octanol–water partition coefficient (Wildman–Crippen LogP) is 1.79. The van der Waals surface area contributed by atoms with Gasteiger partial charge in [0, 0.05) is 16.1 Å². The Labute approximate surface area is 101 Å². The number of aromatic nitrogens is 2. The summed E-state index contributed by atoms with van der Waals surface area (Å²) in [5.41, 5.74) is 6.06. The van der Waals surface area contributed by atoms with E-state index in [1.54, 1.807) is 0 Å². The molecule has 84 valence electrons. The van der Waals surface area contributed by atoms with Gasteiger partial charge in [0.15, 0.2) is 0 Å². The van der Waals surface area contributed by atoms with E-state index in [0.29, 0.717) is 10.9 Å². The number of halogens is 2. The van der Waals surface area contributed by atoms with Crippen LogP contribution in [0.25, 0.3) is 10.9 Å². The first-order valence-electron chi connectivity index (χ1n) is 4.05. The summed E-state index contributed by atoms with van der Waals surface area (Å²) in [4.78, 5) is 7.56. The third-order valence-corrected chi connectivity index (χ3v) is 3.47. The van der Waals surface area contributed by atoms with Crippen molar-refractivity contribution < 1.29 is 8.42 Å². The molecule has 8 heteroatoms. The van der Waals surface area contributed by atoms with Gasteiger partial charge in [-0.2, -0.15) is 0 Å². The lowest BCUT2D eigenvalue weighted by molar-refractivity contribution is 0.609. The Bertz CT molecular complexity index is 672. The molecule has 0 spiro atoms. The molecule has 1 heterocycles. The van der Waals surface area contributed by atoms with Crippen LogP contribution >= 0.6 is 22.3 Å². The minimum absolute atomic E-state index is 0.00600. The zero-order chi connectivity index (χ0) is 11.9. The van der Waals surface area contributed by atoms with Crippen LogP contribution in [0.5, 0.6) is 0 Å². The Morgan fingerprint density at radius 2 is 1.94 bits per heavy atom. The van der Waals surface area contributed by atoms with E-state index in [9.17, 15) is 8.42 Å². The van der Waals surface area contributed by atoms with Gasteiger partial charge in [0.05, 0.1) is 10.4 Å². The zero-order valence-electron chi connectivity index (χ0n) is 7.68. The van der Waals surface area contributed by atoms with Gasteiger partial charge in [-0.25, -0.2) is 18.4 Å². The number of nitrogens with zero attached hydrogens (tertiary/aromatic N) is 2. The van der Waals surface area contributed by atoms with Crippen LogP contribution in [0.1, 0.15) is 0 Å². The van der Waals surface area contributed by atoms with Gasteiger partial charge in [0.1, 0.15) is 5.82 Å². The van der Waals surface area contributed by atoms with Crippen molar-refractivity contribution in [1.29, 1.82) is 0 Å². The molecule has 1 aromatic carbocycles. The fraction of sp³-hybridized carbons (Fsp3) is 0. The molecule has 0 radical (unpaired) electrons. The number of rotatable bonds is 1. The summed E-state index contributed by atoms with van der Waals surface area (Å²) in [5.74, 6) is 0.108. The number of anilines is 1. The van der Waals surface area contributed by atoms with E-state index in [-0.39, 0.29) is 16.0 Å². The van der Waals surface area contributed by atoms with E-state index in [4.69, 9.17) is 28.0 Å². The second-order valence-corrected chi connectivity index (χ2v) is 5.90. The van der Waals surface area contributed by atoms with Crippen molar-refractivity contribution in [3.8, 4) is 0 Å². The lowest BCUT2D eigenvalue weighted by atomic mass is 10.2. The van der Waals surface area contributed by atoms with E-state index in [2.05, 4.69) is 9.97 Å². The van der Waals surface area contributed by atoms with E-state index in [0.717, 1.165) is 0 Å². The number of nitrogens with two attached hydrogens (primary N) is 1. The van der Waals surface area contributed by atoms with Gasteiger partial charge in [0.25, 0.3) is 9.05 Å². The molecule has 0 atom stereocenters. The Kier molecular flexibility index (Phi) is 2.65. The molecule has 1 aromatic heterocycles. The topological polar surface area (TPSA) is 85.9 Å². The third-order valence-electron chi connectivity index (χ3n) is 1.95. The van der Waals surface area contributed by atoms with E-state index >= 15 is 0 Å². The van der Waals surface area contributed by atoms with Crippen LogP contribution in [-0.2, 0) is 9.05 Å². The SMILES string of the molecule is Nc1nc(Cl)nc2ccc(S(=O)(=O)Cl)cc12. The van der Waals surface area contributed by atoms with E-state index < -0.39 is 9.05 Å². The Morgan fingerprint density at radius 1 is 1.25 bits per heavy atom. The summed E-state index contributed by atoms with van der Waals surface area (Å²) in [6, 6.07) is 4.10. The van der Waals surface area contributed by atoms with E-state index in [1.165, 1.54) is 18.2 Å². The van der Waals surface area contributed by atoms with Gasteiger partial charge in [-0.3, -0.25) is 0 Å². The second-order valence-electron chi connectivity index (χ2n) is 2.99. The molecule has 0 aliphatic carbocycles. The van der Waals surface area contributed by atoms with Crippen LogP contribution in [0.3, 0.4) is 0 Å². The van der Waals surface area contributed by atoms with Gasteiger partial charge in [-0.1, -0.05) is 0 Å². The maximum Gasteiger partial charge on any atom is 0.261 e. The number of nitrogen functional groups attached to an aromatic ring is 1. The molecule has 0 saturated heterocycles. The number of benzene rings is 1. The van der Waals surface area contributed by atoms with Gasteiger partial charge >= 0.3 is 0 Å². The number of hydrogen-bond acceptors (Lipinski definition) is 5. The van der Waals surface area contributed by atoms with Crippen LogP contribution in [0.4, 0.5) is 5.82 Å². The molecule has 0 bridgehead atoms. The summed E-state index contributed by atoms with van der Waals surface area (Å²) in [5, 5.41) is 0.401. The first-order chi connectivity index (χ1) is 7.38. The highest BCUT2D eigenvalue weighted by molar-refractivity contribution is 8.13. The minimum atomic E-state index is -3.79. The Balaban J connectivity index is 2.82. The lowest BCUT2D eigenvalue weighted by Crippen LogP contribution is -1.97. The maximum atomic E-state index is 11.1. The van der Waals surface area contributed by atoms with Crippen LogP contribution in [0, 0.1) is 0 Å². The highest BCUT2D eigenvalue weighted by atomic mass is 35.7. The van der Waals surface area contributed by atoms with Gasteiger partial charge < -0.3 is 5.73 Å². The van der Waals surface area contributed by atoms with Gasteiger partial charge in [-0.15, -0.1) is 0 Å². The minimum Gasteiger partial charge on any atom is -0.383 e. The first kappa shape index (κ1) is 11.4. The van der Waals surface area contributed by atoms with Crippen molar-refractivity contribution in [2.45, 2.75) is 4.90 Å². The zero-order valence-corrected chi connectivity index (χ0v) is 10.0. The van der Waals surface area contributed by atoms with Gasteiger partial charge in [-0.05, 0) is 29.8 Å². The van der Waals surface area contributed by atoms with Crippen molar-refractivity contribution >= 4 is 48.1 Å². The van der Waals surface area contributed by atoms with Crippen LogP contribution in [0.2, 0.25) is 5.28 Å². The van der Waals surface area contributed by atoms with E-state index in [1.807, 2.05) is 0 Å². The molecule has 2 aromatic rings. The fourth-order valence-corrected chi connectivity index (χ4v) is 2.21. The summed E-state index contributed by atoms with van der Waals surface area (Å²) < 4.78 is 22.2. The van der Waals surface area contributed by atoms with Crippen LogP contribution in [-0.4, -0.2) is 18.4 Å². The average molecular weight is 278 g/mol. The molecular weight excluding hydrogens is 273 g/mol. The first-order valence-corrected chi connectivity index (χ1v) is 6.74. The van der Waals surface area contributed by atoms with Crippen molar-refractivity contribution in [3.05, 3.63) is 23.5 Å². The Morgan fingerprint density at radius 3 is 2.56 bits per heavy atom. The van der Waals surface area contributed by atoms with Gasteiger partial charge in [0.2, 0.25) is 5.28 Å². The predicted molar refractivity (Wildman–Crippen MR) is 62.0 cm³/mol. The molecule has 0 aliphatic heterocycles. The fourth-order valence-electron chi connectivity index (χ4n) is 1.25. The highest BCUT2D eigenvalue weighted by Crippen LogP contribution is 2.24. The number of hydrogen-bond donors (Lipinski definition) is 1. The third kappa shape index (κ3) is 2.04. The molecule has 5 nitrogen and oxygen atoms in total. The smallest absolute Gasteiger partial charge is 0.261 e. The lowest BCUT2D eigenvalue weighted by Gasteiger charge is -2.02. The molecular formula is C8H5Cl2N3O2S. The maximum absolute atomic E-state index is 11.1. The molecule has 16 heavy (non-hydrogen) atoms. The molecule has 0 fully saturated rings. The average Bonchev–Trinajstić information content (AvgIpc) is 2.15. The van der Waals surface area contributed by atoms with Crippen molar-refractivity contribution in [1.82, 2.24) is 9.97 Å². The highest BCUT2D eigenvalue weighted by Gasteiger charge is 2.12. The molecule has 2 rings (SSSR count). The molecule has 0 amide bonds. The van der Waals surface area contributed by atoms with Crippen LogP contribution < -0.4 is 5.73 Å². The summed E-state index contributed by atoms with van der Waals surface area (Å²) >= 11 is 5.61. The molecule has 0 aliphatic rings. The summed E-state index contributed by atoms with van der Waals surface area (Å²) in [6.07, 6.45) is 0. The quantitative estimate of drug-likeness (QED) is 0.634. The van der Waals surface area contributed by atoms with Crippen molar-refractivity contribution in [2.75, 3.05) is 5.73 Å². The van der Waals surface area contributed by atoms with Crippen LogP contribution in [0.15, 0.2) is 23.1 Å². The second kappa shape index (κ2) is 3.73. The number of fused-ring (bicyclic) bond motifs is 1. The normalized spacial score (nSPS) is 11.9. The van der Waals surface area contributed by atoms with Crippen molar-refractivity contribution in [3.63, 3.8) is 0 Å². The largest absolute Gasteiger partial charge is 0.383 e. The van der Waals surface area contributed by atoms with Crippen molar-refractivity contribution in [2.24, 2.45) is 0 Å². The summed E-state index contributed by atoms with van der Waals surface area (Å²) in [7, 11) is 1.41. The molecule has 0 unspecified atom stereocenters. The molecule has 2 N–H and O–H groups in total.